The molecule has 2 N–H and O–H groups in total. The topological polar surface area (TPSA) is 42.4 Å². The molecule has 1 aliphatic heterocycles. The molecule has 0 bridgehead atoms. The number of nitrogens with zero attached hydrogens (tertiary/aromatic N) is 1. The summed E-state index contributed by atoms with van der Waals surface area (Å²) in [6, 6.07) is 12.8. The summed E-state index contributed by atoms with van der Waals surface area (Å²) in [7, 11) is 0. The number of furan rings is 1. The minimum atomic E-state index is 0.118. The van der Waals surface area contributed by atoms with Crippen LogP contribution in [0, 0.1) is 12.8 Å². The molecule has 0 fully saturated rings. The summed E-state index contributed by atoms with van der Waals surface area (Å²) in [4.78, 5) is 2.40. The van der Waals surface area contributed by atoms with Crippen LogP contribution in [0.4, 0.5) is 5.69 Å². The van der Waals surface area contributed by atoms with E-state index in [0.29, 0.717) is 12.5 Å². The van der Waals surface area contributed by atoms with Crippen LogP contribution >= 0.6 is 0 Å². The van der Waals surface area contributed by atoms with Crippen LogP contribution in [0.2, 0.25) is 0 Å². The quantitative estimate of drug-likeness (QED) is 0.930. The Morgan fingerprint density at radius 1 is 1.30 bits per heavy atom. The molecule has 1 aromatic carbocycles. The lowest BCUT2D eigenvalue weighted by Crippen LogP contribution is -2.40. The standard InChI is InChI=1S/C17H22N2O/c1-12-9-14-5-3-4-6-15(14)19(11-12)16(10-18)17-8-7-13(2)20-17/h3-8,12,16H,9-11,18H2,1-2H3. The first kappa shape index (κ1) is 13.3. The van der Waals surface area contributed by atoms with Crippen LogP contribution in [0.25, 0.3) is 0 Å². The lowest BCUT2D eigenvalue weighted by molar-refractivity contribution is 0.410. The molecule has 1 aliphatic rings. The van der Waals surface area contributed by atoms with Crippen LogP contribution in [0.5, 0.6) is 0 Å². The zero-order valence-electron chi connectivity index (χ0n) is 12.2. The Labute approximate surface area is 120 Å². The SMILES string of the molecule is Cc1ccc(C(CN)N2CC(C)Cc3ccccc32)o1. The van der Waals surface area contributed by atoms with E-state index in [1.165, 1.54) is 11.3 Å². The largest absolute Gasteiger partial charge is 0.464 e. The molecule has 3 rings (SSSR count). The van der Waals surface area contributed by atoms with Gasteiger partial charge in [0.1, 0.15) is 11.5 Å². The molecule has 2 heterocycles. The summed E-state index contributed by atoms with van der Waals surface area (Å²) in [5.41, 5.74) is 8.76. The van der Waals surface area contributed by atoms with Crippen molar-refractivity contribution in [2.75, 3.05) is 18.0 Å². The van der Waals surface area contributed by atoms with Gasteiger partial charge in [-0.2, -0.15) is 0 Å². The second kappa shape index (κ2) is 5.33. The summed E-state index contributed by atoms with van der Waals surface area (Å²) in [6.07, 6.45) is 1.14. The molecule has 2 unspecified atom stereocenters. The van der Waals surface area contributed by atoms with Crippen molar-refractivity contribution in [2.24, 2.45) is 11.7 Å². The van der Waals surface area contributed by atoms with Crippen LogP contribution in [0.3, 0.4) is 0 Å². The van der Waals surface area contributed by atoms with Gasteiger partial charge in [-0.15, -0.1) is 0 Å². The maximum absolute atomic E-state index is 6.05. The van der Waals surface area contributed by atoms with Crippen molar-refractivity contribution < 1.29 is 4.42 Å². The van der Waals surface area contributed by atoms with Gasteiger partial charge in [-0.05, 0) is 43.0 Å². The summed E-state index contributed by atoms with van der Waals surface area (Å²) in [5.74, 6) is 2.54. The molecular formula is C17H22N2O. The molecule has 20 heavy (non-hydrogen) atoms. The molecule has 2 atom stereocenters. The third-order valence-electron chi connectivity index (χ3n) is 4.07. The average Bonchev–Trinajstić information content (AvgIpc) is 2.86. The monoisotopic (exact) mass is 270 g/mol. The lowest BCUT2D eigenvalue weighted by atomic mass is 9.92. The van der Waals surface area contributed by atoms with E-state index >= 15 is 0 Å². The number of rotatable bonds is 3. The molecule has 2 aromatic rings. The summed E-state index contributed by atoms with van der Waals surface area (Å²) in [6.45, 7) is 5.86. The third kappa shape index (κ3) is 2.34. The lowest BCUT2D eigenvalue weighted by Gasteiger charge is -2.39. The number of benzene rings is 1. The number of aryl methyl sites for hydroxylation is 1. The van der Waals surface area contributed by atoms with Crippen molar-refractivity contribution in [2.45, 2.75) is 26.3 Å². The maximum atomic E-state index is 6.05. The Morgan fingerprint density at radius 3 is 2.80 bits per heavy atom. The highest BCUT2D eigenvalue weighted by Gasteiger charge is 2.29. The molecule has 1 aromatic heterocycles. The van der Waals surface area contributed by atoms with Crippen molar-refractivity contribution in [3.8, 4) is 0 Å². The van der Waals surface area contributed by atoms with Crippen molar-refractivity contribution in [1.29, 1.82) is 0 Å². The summed E-state index contributed by atoms with van der Waals surface area (Å²) in [5, 5.41) is 0. The average molecular weight is 270 g/mol. The zero-order chi connectivity index (χ0) is 14.1. The Morgan fingerprint density at radius 2 is 2.10 bits per heavy atom. The second-order valence-corrected chi connectivity index (χ2v) is 5.79. The molecule has 0 aliphatic carbocycles. The van der Waals surface area contributed by atoms with Crippen molar-refractivity contribution in [3.05, 3.63) is 53.5 Å². The molecule has 106 valence electrons. The van der Waals surface area contributed by atoms with E-state index in [4.69, 9.17) is 10.2 Å². The van der Waals surface area contributed by atoms with Gasteiger partial charge < -0.3 is 15.1 Å². The van der Waals surface area contributed by atoms with Crippen molar-refractivity contribution in [1.82, 2.24) is 0 Å². The van der Waals surface area contributed by atoms with Gasteiger partial charge in [-0.3, -0.25) is 0 Å². The first-order valence-electron chi connectivity index (χ1n) is 7.30. The van der Waals surface area contributed by atoms with Crippen LogP contribution in [0.15, 0.2) is 40.8 Å². The summed E-state index contributed by atoms with van der Waals surface area (Å²) >= 11 is 0. The van der Waals surface area contributed by atoms with Gasteiger partial charge in [0.25, 0.3) is 0 Å². The Bertz CT molecular complexity index is 590. The zero-order valence-corrected chi connectivity index (χ0v) is 12.2. The summed E-state index contributed by atoms with van der Waals surface area (Å²) < 4.78 is 5.82. The van der Waals surface area contributed by atoms with Gasteiger partial charge in [-0.25, -0.2) is 0 Å². The molecule has 3 nitrogen and oxygen atoms in total. The van der Waals surface area contributed by atoms with Gasteiger partial charge in [-0.1, -0.05) is 25.1 Å². The van der Waals surface area contributed by atoms with E-state index < -0.39 is 0 Å². The van der Waals surface area contributed by atoms with Crippen LogP contribution in [-0.2, 0) is 6.42 Å². The van der Waals surface area contributed by atoms with Gasteiger partial charge in [0.15, 0.2) is 0 Å². The Hall–Kier alpha value is -1.74. The number of fused-ring (bicyclic) bond motifs is 1. The Balaban J connectivity index is 1.99. The van der Waals surface area contributed by atoms with Crippen molar-refractivity contribution in [3.63, 3.8) is 0 Å². The van der Waals surface area contributed by atoms with Gasteiger partial charge in [0.05, 0.1) is 6.04 Å². The number of hydrogen-bond acceptors (Lipinski definition) is 3. The van der Waals surface area contributed by atoms with Crippen LogP contribution in [-0.4, -0.2) is 13.1 Å². The Kier molecular flexibility index (Phi) is 3.53. The van der Waals surface area contributed by atoms with E-state index in [1.807, 2.05) is 13.0 Å². The molecule has 0 spiro atoms. The fourth-order valence-electron chi connectivity index (χ4n) is 3.16. The maximum Gasteiger partial charge on any atom is 0.127 e. The fourth-order valence-corrected chi connectivity index (χ4v) is 3.16. The van der Waals surface area contributed by atoms with Gasteiger partial charge in [0.2, 0.25) is 0 Å². The molecule has 0 amide bonds. The van der Waals surface area contributed by atoms with E-state index in [1.54, 1.807) is 0 Å². The highest BCUT2D eigenvalue weighted by molar-refractivity contribution is 5.57. The van der Waals surface area contributed by atoms with E-state index in [0.717, 1.165) is 24.5 Å². The molecule has 0 saturated carbocycles. The van der Waals surface area contributed by atoms with Crippen LogP contribution in [0.1, 0.15) is 30.0 Å². The fraction of sp³-hybridized carbons (Fsp3) is 0.412. The number of anilines is 1. The predicted molar refractivity (Wildman–Crippen MR) is 81.9 cm³/mol. The smallest absolute Gasteiger partial charge is 0.127 e. The van der Waals surface area contributed by atoms with Gasteiger partial charge in [0, 0.05) is 18.8 Å². The van der Waals surface area contributed by atoms with E-state index in [-0.39, 0.29) is 6.04 Å². The first-order chi connectivity index (χ1) is 9.69. The molecular weight excluding hydrogens is 248 g/mol. The van der Waals surface area contributed by atoms with Gasteiger partial charge >= 0.3 is 0 Å². The molecule has 0 saturated heterocycles. The first-order valence-corrected chi connectivity index (χ1v) is 7.30. The predicted octanol–water partition coefficient (Wildman–Crippen LogP) is 3.29. The molecule has 3 heteroatoms. The minimum Gasteiger partial charge on any atom is -0.464 e. The highest BCUT2D eigenvalue weighted by atomic mass is 16.3. The second-order valence-electron chi connectivity index (χ2n) is 5.79. The van der Waals surface area contributed by atoms with E-state index in [9.17, 15) is 0 Å². The van der Waals surface area contributed by atoms with E-state index in [2.05, 4.69) is 42.2 Å². The normalized spacial score (nSPS) is 19.8. The minimum absolute atomic E-state index is 0.118. The van der Waals surface area contributed by atoms with Crippen molar-refractivity contribution >= 4 is 5.69 Å². The number of hydrogen-bond donors (Lipinski definition) is 1. The number of para-hydroxylation sites is 1. The third-order valence-corrected chi connectivity index (χ3v) is 4.07. The number of nitrogens with two attached hydrogens (primary N) is 1. The highest BCUT2D eigenvalue weighted by Crippen LogP contribution is 2.35. The molecule has 0 radical (unpaired) electrons. The van der Waals surface area contributed by atoms with Crippen LogP contribution < -0.4 is 10.6 Å².